The SMILES string of the molecule is c1ccc(-c2nc(-c3ccccc3-c3ccccc3)nc(-c3cc4oc5ccccc5c4c4ccc(-n5c6cc7ccccc7cc6c6c7ccccc7ccc65)cc34)n2)cc1. The van der Waals surface area contributed by atoms with E-state index in [4.69, 9.17) is 19.4 Å². The number of fused-ring (bicyclic) bond motifs is 11. The van der Waals surface area contributed by atoms with Gasteiger partial charge in [0.15, 0.2) is 17.5 Å². The minimum absolute atomic E-state index is 0.570. The van der Waals surface area contributed by atoms with Crippen LogP contribution in [0.15, 0.2) is 211 Å². The summed E-state index contributed by atoms with van der Waals surface area (Å²) in [5, 5.41) is 11.6. The smallest absolute Gasteiger partial charge is 0.164 e. The molecule has 0 radical (unpaired) electrons. The fourth-order valence-corrected chi connectivity index (χ4v) is 9.58. The van der Waals surface area contributed by atoms with Crippen LogP contribution in [-0.4, -0.2) is 19.5 Å². The first-order chi connectivity index (χ1) is 30.7. The molecule has 0 fully saturated rings. The second-order valence-electron chi connectivity index (χ2n) is 15.9. The Balaban J connectivity index is 1.14. The molecule has 0 N–H and O–H groups in total. The van der Waals surface area contributed by atoms with Crippen LogP contribution in [0.5, 0.6) is 0 Å². The van der Waals surface area contributed by atoms with Gasteiger partial charge < -0.3 is 8.98 Å². The van der Waals surface area contributed by atoms with Crippen molar-refractivity contribution in [3.05, 3.63) is 206 Å². The Morgan fingerprint density at radius 3 is 1.76 bits per heavy atom. The second kappa shape index (κ2) is 13.6. The van der Waals surface area contributed by atoms with Crippen LogP contribution in [0, 0.1) is 0 Å². The van der Waals surface area contributed by atoms with Crippen molar-refractivity contribution in [3.8, 4) is 51.0 Å². The summed E-state index contributed by atoms with van der Waals surface area (Å²) in [7, 11) is 0. The summed E-state index contributed by atoms with van der Waals surface area (Å²) in [6, 6.07) is 72.7. The zero-order valence-corrected chi connectivity index (χ0v) is 33.3. The van der Waals surface area contributed by atoms with E-state index in [2.05, 4.69) is 168 Å². The maximum atomic E-state index is 6.65. The van der Waals surface area contributed by atoms with E-state index in [0.717, 1.165) is 77.2 Å². The number of benzene rings is 10. The van der Waals surface area contributed by atoms with Crippen LogP contribution in [0.4, 0.5) is 0 Å². The van der Waals surface area contributed by atoms with Crippen LogP contribution in [0.25, 0.3) is 127 Å². The molecule has 0 bridgehead atoms. The highest BCUT2D eigenvalue weighted by molar-refractivity contribution is 6.25. The summed E-state index contributed by atoms with van der Waals surface area (Å²) in [5.74, 6) is 1.77. The van der Waals surface area contributed by atoms with E-state index in [1.165, 1.54) is 32.3 Å². The van der Waals surface area contributed by atoms with Crippen molar-refractivity contribution in [3.63, 3.8) is 0 Å². The molecule has 288 valence electrons. The van der Waals surface area contributed by atoms with Crippen LogP contribution in [0.3, 0.4) is 0 Å². The minimum Gasteiger partial charge on any atom is -0.456 e. The Kier molecular flexibility index (Phi) is 7.54. The average molecular weight is 791 g/mol. The molecule has 0 aliphatic carbocycles. The fourth-order valence-electron chi connectivity index (χ4n) is 9.58. The Morgan fingerprint density at radius 1 is 0.323 bits per heavy atom. The highest BCUT2D eigenvalue weighted by atomic mass is 16.3. The van der Waals surface area contributed by atoms with Gasteiger partial charge in [0, 0.05) is 43.9 Å². The second-order valence-corrected chi connectivity index (χ2v) is 15.9. The lowest BCUT2D eigenvalue weighted by atomic mass is 9.97. The van der Waals surface area contributed by atoms with Gasteiger partial charge in [0.2, 0.25) is 0 Å². The highest BCUT2D eigenvalue weighted by Gasteiger charge is 2.22. The molecule has 3 aromatic heterocycles. The number of hydrogen-bond donors (Lipinski definition) is 0. The van der Waals surface area contributed by atoms with Crippen LogP contribution < -0.4 is 0 Å². The van der Waals surface area contributed by atoms with Crippen molar-refractivity contribution in [2.45, 2.75) is 0 Å². The van der Waals surface area contributed by atoms with E-state index in [1.807, 2.05) is 42.5 Å². The lowest BCUT2D eigenvalue weighted by Gasteiger charge is -2.15. The van der Waals surface area contributed by atoms with Gasteiger partial charge in [-0.15, -0.1) is 0 Å². The van der Waals surface area contributed by atoms with Crippen molar-refractivity contribution < 1.29 is 4.42 Å². The molecule has 0 saturated carbocycles. The molecular formula is C57H34N4O. The zero-order valence-electron chi connectivity index (χ0n) is 33.3. The van der Waals surface area contributed by atoms with E-state index in [1.54, 1.807) is 0 Å². The third kappa shape index (κ3) is 5.32. The van der Waals surface area contributed by atoms with E-state index >= 15 is 0 Å². The van der Waals surface area contributed by atoms with Crippen molar-refractivity contribution in [1.82, 2.24) is 19.5 Å². The zero-order chi connectivity index (χ0) is 40.7. The van der Waals surface area contributed by atoms with Crippen LogP contribution in [-0.2, 0) is 0 Å². The molecule has 5 heteroatoms. The maximum Gasteiger partial charge on any atom is 0.164 e. The van der Waals surface area contributed by atoms with Crippen LogP contribution >= 0.6 is 0 Å². The summed E-state index contributed by atoms with van der Waals surface area (Å²) in [5.41, 5.74) is 9.81. The minimum atomic E-state index is 0.570. The number of hydrogen-bond acceptors (Lipinski definition) is 4. The molecule has 3 heterocycles. The van der Waals surface area contributed by atoms with Crippen molar-refractivity contribution in [2.24, 2.45) is 0 Å². The largest absolute Gasteiger partial charge is 0.456 e. The predicted molar refractivity (Wildman–Crippen MR) is 256 cm³/mol. The first-order valence-corrected chi connectivity index (χ1v) is 20.9. The normalized spacial score (nSPS) is 11.9. The molecule has 13 aromatic rings. The third-order valence-corrected chi connectivity index (χ3v) is 12.4. The van der Waals surface area contributed by atoms with E-state index in [0.29, 0.717) is 17.5 Å². The van der Waals surface area contributed by atoms with E-state index in [-0.39, 0.29) is 0 Å². The molecule has 5 nitrogen and oxygen atoms in total. The van der Waals surface area contributed by atoms with Crippen LogP contribution in [0.2, 0.25) is 0 Å². The Labute approximate surface area is 355 Å². The molecule has 0 unspecified atom stereocenters. The Morgan fingerprint density at radius 2 is 0.952 bits per heavy atom. The average Bonchev–Trinajstić information content (AvgIpc) is 3.88. The van der Waals surface area contributed by atoms with Gasteiger partial charge in [-0.2, -0.15) is 0 Å². The first-order valence-electron chi connectivity index (χ1n) is 20.9. The van der Waals surface area contributed by atoms with E-state index in [9.17, 15) is 0 Å². The first kappa shape index (κ1) is 34.5. The molecular weight excluding hydrogens is 757 g/mol. The maximum absolute atomic E-state index is 6.65. The standard InChI is InChI=1S/C57H34N4O/c1-3-15-35(16-4-1)41-22-11-12-24-44(41)56-58-55(37-18-5-2-6-19-37)59-57(60-56)47-34-52-54(45-25-13-14-26-51(45)62-52)43-29-28-40(33-46(43)47)61-49-30-27-36-17-9-10-23-42(36)53(49)48-31-38-20-7-8-21-39(38)32-50(48)61/h1-34H. The molecule has 13 rings (SSSR count). The summed E-state index contributed by atoms with van der Waals surface area (Å²) in [6.45, 7) is 0. The summed E-state index contributed by atoms with van der Waals surface area (Å²) in [4.78, 5) is 15.9. The van der Waals surface area contributed by atoms with Gasteiger partial charge in [0.25, 0.3) is 0 Å². The molecule has 0 aliphatic heterocycles. The highest BCUT2D eigenvalue weighted by Crippen LogP contribution is 2.44. The molecule has 0 aliphatic rings. The molecule has 0 amide bonds. The summed E-state index contributed by atoms with van der Waals surface area (Å²) in [6.07, 6.45) is 0. The van der Waals surface area contributed by atoms with Gasteiger partial charge in [-0.25, -0.2) is 15.0 Å². The number of rotatable bonds is 5. The van der Waals surface area contributed by atoms with Gasteiger partial charge in [-0.05, 0) is 85.9 Å². The number of furan rings is 1. The van der Waals surface area contributed by atoms with Crippen LogP contribution in [0.1, 0.15) is 0 Å². The predicted octanol–water partition coefficient (Wildman–Crippen LogP) is 15.0. The number of aromatic nitrogens is 4. The summed E-state index contributed by atoms with van der Waals surface area (Å²) < 4.78 is 9.08. The lowest BCUT2D eigenvalue weighted by Crippen LogP contribution is -2.02. The van der Waals surface area contributed by atoms with Gasteiger partial charge in [0.05, 0.1) is 11.0 Å². The number of para-hydroxylation sites is 1. The monoisotopic (exact) mass is 790 g/mol. The molecule has 10 aromatic carbocycles. The topological polar surface area (TPSA) is 56.7 Å². The molecule has 62 heavy (non-hydrogen) atoms. The lowest BCUT2D eigenvalue weighted by molar-refractivity contribution is 0.669. The van der Waals surface area contributed by atoms with Gasteiger partial charge in [0.1, 0.15) is 11.2 Å². The quantitative estimate of drug-likeness (QED) is 0.174. The Hall–Kier alpha value is -8.41. The van der Waals surface area contributed by atoms with Gasteiger partial charge in [-0.1, -0.05) is 164 Å². The number of nitrogens with zero attached hydrogens (tertiary/aromatic N) is 4. The van der Waals surface area contributed by atoms with Crippen molar-refractivity contribution in [1.29, 1.82) is 0 Å². The van der Waals surface area contributed by atoms with Gasteiger partial charge >= 0.3 is 0 Å². The van der Waals surface area contributed by atoms with Crippen molar-refractivity contribution >= 4 is 76.1 Å². The van der Waals surface area contributed by atoms with Gasteiger partial charge in [-0.3, -0.25) is 0 Å². The third-order valence-electron chi connectivity index (χ3n) is 12.4. The molecule has 0 spiro atoms. The Bertz CT molecular complexity index is 3920. The molecule has 0 saturated heterocycles. The van der Waals surface area contributed by atoms with E-state index < -0.39 is 0 Å². The summed E-state index contributed by atoms with van der Waals surface area (Å²) >= 11 is 0. The fraction of sp³-hybridized carbons (Fsp3) is 0. The molecule has 0 atom stereocenters. The van der Waals surface area contributed by atoms with Crippen molar-refractivity contribution in [2.75, 3.05) is 0 Å².